The maximum atomic E-state index is 12.8. The summed E-state index contributed by atoms with van der Waals surface area (Å²) in [7, 11) is 0. The van der Waals surface area contributed by atoms with Gasteiger partial charge in [-0.25, -0.2) is 0 Å². The van der Waals surface area contributed by atoms with Crippen molar-refractivity contribution in [3.8, 4) is 5.69 Å². The molecule has 4 rings (SSSR count). The lowest BCUT2D eigenvalue weighted by molar-refractivity contribution is 0.0725. The van der Waals surface area contributed by atoms with Crippen LogP contribution in [0.25, 0.3) is 5.69 Å². The summed E-state index contributed by atoms with van der Waals surface area (Å²) >= 11 is 1.68. The van der Waals surface area contributed by atoms with Gasteiger partial charge in [0.25, 0.3) is 5.91 Å². The van der Waals surface area contributed by atoms with Crippen LogP contribution in [0.1, 0.15) is 28.2 Å². The zero-order valence-electron chi connectivity index (χ0n) is 12.5. The summed E-state index contributed by atoms with van der Waals surface area (Å²) < 4.78 is 0. The van der Waals surface area contributed by atoms with Crippen LogP contribution in [0.5, 0.6) is 0 Å². The van der Waals surface area contributed by atoms with Crippen molar-refractivity contribution in [2.45, 2.75) is 25.4 Å². The molecular weight excluding hydrogens is 308 g/mol. The summed E-state index contributed by atoms with van der Waals surface area (Å²) in [5.41, 5.74) is 1.25. The van der Waals surface area contributed by atoms with Crippen molar-refractivity contribution in [1.82, 2.24) is 19.9 Å². The number of carbonyl (C=O) groups is 1. The van der Waals surface area contributed by atoms with Gasteiger partial charge in [0, 0.05) is 10.9 Å². The molecule has 1 aliphatic carbocycles. The topological polar surface area (TPSA) is 51.0 Å². The van der Waals surface area contributed by atoms with E-state index in [0.717, 1.165) is 18.5 Å². The third-order valence-electron chi connectivity index (χ3n) is 3.85. The van der Waals surface area contributed by atoms with E-state index in [0.29, 0.717) is 18.3 Å². The summed E-state index contributed by atoms with van der Waals surface area (Å²) in [6.07, 6.45) is 3.70. The molecule has 0 N–H and O–H groups in total. The smallest absolute Gasteiger partial charge is 0.276 e. The average molecular weight is 324 g/mol. The van der Waals surface area contributed by atoms with Gasteiger partial charge in [-0.2, -0.15) is 9.90 Å². The largest absolute Gasteiger partial charge is 0.329 e. The number of hydrogen-bond acceptors (Lipinski definition) is 4. The van der Waals surface area contributed by atoms with Gasteiger partial charge in [0.2, 0.25) is 0 Å². The van der Waals surface area contributed by atoms with E-state index >= 15 is 0 Å². The lowest BCUT2D eigenvalue weighted by atomic mass is 10.3. The number of aromatic nitrogens is 3. The van der Waals surface area contributed by atoms with Gasteiger partial charge in [0.15, 0.2) is 5.69 Å². The van der Waals surface area contributed by atoms with Gasteiger partial charge in [-0.1, -0.05) is 24.3 Å². The van der Waals surface area contributed by atoms with Crippen LogP contribution in [0.4, 0.5) is 0 Å². The quantitative estimate of drug-likeness (QED) is 0.724. The first kappa shape index (κ1) is 14.1. The number of rotatable bonds is 5. The highest BCUT2D eigenvalue weighted by Gasteiger charge is 2.34. The minimum Gasteiger partial charge on any atom is -0.329 e. The molecular formula is C17H16N4OS. The first-order valence-corrected chi connectivity index (χ1v) is 8.50. The van der Waals surface area contributed by atoms with E-state index in [4.69, 9.17) is 0 Å². The third kappa shape index (κ3) is 3.03. The van der Waals surface area contributed by atoms with E-state index < -0.39 is 0 Å². The van der Waals surface area contributed by atoms with Gasteiger partial charge in [0.1, 0.15) is 0 Å². The van der Waals surface area contributed by atoms with Crippen LogP contribution in [0, 0.1) is 0 Å². The summed E-state index contributed by atoms with van der Waals surface area (Å²) in [5.74, 6) is -0.0388. The number of amides is 1. The first-order chi connectivity index (χ1) is 11.3. The SMILES string of the molecule is O=C(c1cnn(-c2ccccc2)n1)N(Cc1cccs1)C1CC1. The number of benzene rings is 1. The van der Waals surface area contributed by atoms with E-state index in [-0.39, 0.29) is 5.91 Å². The van der Waals surface area contributed by atoms with Crippen LogP contribution >= 0.6 is 11.3 Å². The second-order valence-electron chi connectivity index (χ2n) is 5.60. The summed E-state index contributed by atoms with van der Waals surface area (Å²) in [6, 6.07) is 14.0. The molecule has 0 spiro atoms. The lowest BCUT2D eigenvalue weighted by Gasteiger charge is -2.20. The predicted octanol–water partition coefficient (Wildman–Crippen LogP) is 3.13. The van der Waals surface area contributed by atoms with Crippen LogP contribution in [-0.2, 0) is 6.54 Å². The number of thiophene rings is 1. The Labute approximate surface area is 138 Å². The van der Waals surface area contributed by atoms with E-state index in [9.17, 15) is 4.79 Å². The van der Waals surface area contributed by atoms with Crippen LogP contribution in [-0.4, -0.2) is 31.8 Å². The Kier molecular flexibility index (Phi) is 3.67. The van der Waals surface area contributed by atoms with Crippen LogP contribution in [0.2, 0.25) is 0 Å². The first-order valence-electron chi connectivity index (χ1n) is 7.62. The van der Waals surface area contributed by atoms with E-state index in [1.54, 1.807) is 17.5 Å². The van der Waals surface area contributed by atoms with Crippen LogP contribution in [0.3, 0.4) is 0 Å². The van der Waals surface area contributed by atoms with Gasteiger partial charge >= 0.3 is 0 Å². The standard InChI is InChI=1S/C17H16N4OS/c22-17(20(13-8-9-13)12-15-7-4-10-23-15)16-11-18-21(19-16)14-5-2-1-3-6-14/h1-7,10-11,13H,8-9,12H2. The molecule has 0 radical (unpaired) electrons. The third-order valence-corrected chi connectivity index (χ3v) is 4.71. The van der Waals surface area contributed by atoms with Crippen LogP contribution in [0.15, 0.2) is 54.0 Å². The Morgan fingerprint density at radius 1 is 1.22 bits per heavy atom. The molecule has 1 amide bonds. The summed E-state index contributed by atoms with van der Waals surface area (Å²) in [6.45, 7) is 0.652. The molecule has 0 unspecified atom stereocenters. The molecule has 2 heterocycles. The van der Waals surface area contributed by atoms with Crippen molar-refractivity contribution >= 4 is 17.2 Å². The van der Waals surface area contributed by atoms with Crippen LogP contribution < -0.4 is 0 Å². The Hall–Kier alpha value is -2.47. The highest BCUT2D eigenvalue weighted by Crippen LogP contribution is 2.30. The van der Waals surface area contributed by atoms with Crippen molar-refractivity contribution in [2.75, 3.05) is 0 Å². The fourth-order valence-corrected chi connectivity index (χ4v) is 3.22. The minimum absolute atomic E-state index is 0.0388. The maximum Gasteiger partial charge on any atom is 0.276 e. The monoisotopic (exact) mass is 324 g/mol. The number of hydrogen-bond donors (Lipinski definition) is 0. The Morgan fingerprint density at radius 2 is 2.04 bits per heavy atom. The molecule has 1 fully saturated rings. The molecule has 0 atom stereocenters. The highest BCUT2D eigenvalue weighted by atomic mass is 32.1. The zero-order valence-corrected chi connectivity index (χ0v) is 13.3. The summed E-state index contributed by atoms with van der Waals surface area (Å²) in [4.78, 5) is 17.4. The molecule has 6 heteroatoms. The fraction of sp³-hybridized carbons (Fsp3) is 0.235. The predicted molar refractivity (Wildman–Crippen MR) is 88.6 cm³/mol. The summed E-state index contributed by atoms with van der Waals surface area (Å²) in [5, 5.41) is 10.6. The Balaban J connectivity index is 1.56. The van der Waals surface area contributed by atoms with Crippen molar-refractivity contribution in [1.29, 1.82) is 0 Å². The lowest BCUT2D eigenvalue weighted by Crippen LogP contribution is -2.32. The van der Waals surface area contributed by atoms with Gasteiger partial charge in [-0.15, -0.1) is 16.4 Å². The fourth-order valence-electron chi connectivity index (χ4n) is 2.52. The molecule has 0 bridgehead atoms. The maximum absolute atomic E-state index is 12.8. The van der Waals surface area contributed by atoms with Gasteiger partial charge in [-0.05, 0) is 36.4 Å². The van der Waals surface area contributed by atoms with Crippen molar-refractivity contribution < 1.29 is 4.79 Å². The van der Waals surface area contributed by atoms with Crippen molar-refractivity contribution in [2.24, 2.45) is 0 Å². The second-order valence-corrected chi connectivity index (χ2v) is 6.63. The van der Waals surface area contributed by atoms with E-state index in [2.05, 4.69) is 16.3 Å². The van der Waals surface area contributed by atoms with E-state index in [1.165, 1.54) is 9.67 Å². The molecule has 2 aromatic heterocycles. The normalized spacial score (nSPS) is 13.9. The number of carbonyl (C=O) groups excluding carboxylic acids is 1. The molecule has 5 nitrogen and oxygen atoms in total. The molecule has 1 aromatic carbocycles. The number of nitrogens with zero attached hydrogens (tertiary/aromatic N) is 4. The number of para-hydroxylation sites is 1. The van der Waals surface area contributed by atoms with Crippen molar-refractivity contribution in [3.63, 3.8) is 0 Å². The zero-order chi connectivity index (χ0) is 15.6. The Bertz CT molecular complexity index is 793. The van der Waals surface area contributed by atoms with Gasteiger partial charge in [-0.3, -0.25) is 4.79 Å². The molecule has 1 saturated carbocycles. The highest BCUT2D eigenvalue weighted by molar-refractivity contribution is 7.09. The Morgan fingerprint density at radius 3 is 2.74 bits per heavy atom. The molecule has 3 aromatic rings. The van der Waals surface area contributed by atoms with Crippen molar-refractivity contribution in [3.05, 3.63) is 64.6 Å². The van der Waals surface area contributed by atoms with Gasteiger partial charge < -0.3 is 4.90 Å². The molecule has 23 heavy (non-hydrogen) atoms. The van der Waals surface area contributed by atoms with Gasteiger partial charge in [0.05, 0.1) is 18.4 Å². The minimum atomic E-state index is -0.0388. The van der Waals surface area contributed by atoms with E-state index in [1.807, 2.05) is 46.7 Å². The second kappa shape index (κ2) is 5.96. The molecule has 0 aliphatic heterocycles. The molecule has 1 aliphatic rings. The molecule has 0 saturated heterocycles. The molecule has 116 valence electrons. The average Bonchev–Trinajstić information content (AvgIpc) is 3.10.